The molecular weight excluding hydrogens is 488 g/mol. The number of halogens is 2. The molecule has 9 heteroatoms. The van der Waals surface area contributed by atoms with Crippen molar-refractivity contribution in [2.24, 2.45) is 0 Å². The van der Waals surface area contributed by atoms with Crippen molar-refractivity contribution in [3.05, 3.63) is 102 Å². The first-order chi connectivity index (χ1) is 18.3. The lowest BCUT2D eigenvalue weighted by molar-refractivity contribution is -0.111. The van der Waals surface area contributed by atoms with Crippen molar-refractivity contribution in [2.45, 2.75) is 6.61 Å². The molecule has 7 nitrogen and oxygen atoms in total. The number of hydrogen-bond donors (Lipinski definition) is 2. The molecule has 1 aromatic heterocycles. The van der Waals surface area contributed by atoms with E-state index in [1.54, 1.807) is 42.5 Å². The minimum atomic E-state index is -0.624. The molecule has 4 aromatic rings. The number of amides is 1. The quantitative estimate of drug-likeness (QED) is 0.277. The van der Waals surface area contributed by atoms with Crippen LogP contribution in [0, 0.1) is 23.0 Å². The van der Waals surface area contributed by atoms with E-state index in [-0.39, 0.29) is 23.8 Å². The van der Waals surface area contributed by atoms with E-state index in [1.165, 1.54) is 36.5 Å². The van der Waals surface area contributed by atoms with Crippen molar-refractivity contribution in [2.75, 3.05) is 31.3 Å². The number of hydrogen-bond acceptors (Lipinski definition) is 6. The Morgan fingerprint density at radius 3 is 2.66 bits per heavy atom. The maximum absolute atomic E-state index is 14.8. The molecule has 38 heavy (non-hydrogen) atoms. The zero-order chi connectivity index (χ0) is 27.1. The van der Waals surface area contributed by atoms with Crippen LogP contribution in [0.2, 0.25) is 0 Å². The summed E-state index contributed by atoms with van der Waals surface area (Å²) >= 11 is 0. The van der Waals surface area contributed by atoms with Crippen LogP contribution in [-0.2, 0) is 11.4 Å². The van der Waals surface area contributed by atoms with E-state index in [1.807, 2.05) is 19.0 Å². The van der Waals surface area contributed by atoms with Gasteiger partial charge in [0.25, 0.3) is 0 Å². The summed E-state index contributed by atoms with van der Waals surface area (Å²) in [5.41, 5.74) is 2.73. The molecule has 192 valence electrons. The van der Waals surface area contributed by atoms with Gasteiger partial charge in [-0.3, -0.25) is 9.78 Å². The van der Waals surface area contributed by atoms with Gasteiger partial charge in [0.1, 0.15) is 18.5 Å². The molecule has 0 spiro atoms. The number of carbonyl (C=O) groups excluding carboxylic acids is 1. The van der Waals surface area contributed by atoms with E-state index in [0.29, 0.717) is 40.1 Å². The average molecular weight is 514 g/mol. The molecule has 0 atom stereocenters. The first-order valence-electron chi connectivity index (χ1n) is 11.7. The summed E-state index contributed by atoms with van der Waals surface area (Å²) in [6, 6.07) is 17.4. The first kappa shape index (κ1) is 26.3. The summed E-state index contributed by atoms with van der Waals surface area (Å²) in [7, 11) is 3.80. The Morgan fingerprint density at radius 1 is 1.11 bits per heavy atom. The lowest BCUT2D eigenvalue weighted by Gasteiger charge is -2.14. The standard InChI is InChI=1S/C29H25F2N5O2/c1-36(2)12-4-7-28(37)34-22-8-10-26-24(14-22)29(20(16-32)17-33-26)35-23-9-11-27(25(31)15-23)38-18-19-5-3-6-21(30)13-19/h3-11,13-15,17H,12,18H2,1-2H3,(H,33,35)(H,34,37)/b7-4+. The molecule has 0 fully saturated rings. The second-order valence-electron chi connectivity index (χ2n) is 8.73. The zero-order valence-corrected chi connectivity index (χ0v) is 20.8. The molecule has 0 radical (unpaired) electrons. The largest absolute Gasteiger partial charge is 0.486 e. The number of anilines is 3. The molecular formula is C29H25F2N5O2. The van der Waals surface area contributed by atoms with Crippen molar-refractivity contribution in [3.63, 3.8) is 0 Å². The minimum Gasteiger partial charge on any atom is -0.486 e. The first-order valence-corrected chi connectivity index (χ1v) is 11.7. The average Bonchev–Trinajstić information content (AvgIpc) is 2.88. The highest BCUT2D eigenvalue weighted by atomic mass is 19.1. The fourth-order valence-electron chi connectivity index (χ4n) is 3.67. The van der Waals surface area contributed by atoms with Crippen LogP contribution in [0.25, 0.3) is 10.9 Å². The van der Waals surface area contributed by atoms with Crippen LogP contribution in [0.1, 0.15) is 11.1 Å². The third-order valence-corrected chi connectivity index (χ3v) is 5.48. The lowest BCUT2D eigenvalue weighted by atomic mass is 10.1. The summed E-state index contributed by atoms with van der Waals surface area (Å²) in [6.45, 7) is 0.633. The van der Waals surface area contributed by atoms with Crippen LogP contribution in [0.15, 0.2) is 79.0 Å². The Kier molecular flexibility index (Phi) is 8.26. The van der Waals surface area contributed by atoms with Gasteiger partial charge in [-0.05, 0) is 62.1 Å². The summed E-state index contributed by atoms with van der Waals surface area (Å²) in [6.07, 6.45) is 4.63. The second-order valence-corrected chi connectivity index (χ2v) is 8.73. The predicted molar refractivity (Wildman–Crippen MR) is 143 cm³/mol. The number of nitriles is 1. The van der Waals surface area contributed by atoms with E-state index in [4.69, 9.17) is 4.74 Å². The Labute approximate surface area is 219 Å². The molecule has 0 saturated heterocycles. The summed E-state index contributed by atoms with van der Waals surface area (Å²) in [4.78, 5) is 18.5. The minimum absolute atomic E-state index is 0.00669. The zero-order valence-electron chi connectivity index (χ0n) is 20.8. The Balaban J connectivity index is 1.56. The van der Waals surface area contributed by atoms with Gasteiger partial charge in [0, 0.05) is 41.6 Å². The molecule has 2 N–H and O–H groups in total. The number of nitrogens with zero attached hydrogens (tertiary/aromatic N) is 3. The number of fused-ring (bicyclic) bond motifs is 1. The van der Waals surface area contributed by atoms with Gasteiger partial charge in [0.2, 0.25) is 5.91 Å². The van der Waals surface area contributed by atoms with Crippen LogP contribution in [0.3, 0.4) is 0 Å². The fraction of sp³-hybridized carbons (Fsp3) is 0.138. The van der Waals surface area contributed by atoms with Crippen LogP contribution in [0.4, 0.5) is 25.8 Å². The molecule has 0 aliphatic heterocycles. The normalized spacial score (nSPS) is 11.1. The monoisotopic (exact) mass is 513 g/mol. The topological polar surface area (TPSA) is 90.3 Å². The molecule has 4 rings (SSSR count). The van der Waals surface area contributed by atoms with Gasteiger partial charge in [0.05, 0.1) is 16.8 Å². The van der Waals surface area contributed by atoms with Crippen molar-refractivity contribution in [1.29, 1.82) is 5.26 Å². The number of rotatable bonds is 9. The predicted octanol–water partition coefficient (Wildman–Crippen LogP) is 5.76. The Bertz CT molecular complexity index is 1550. The highest BCUT2D eigenvalue weighted by Crippen LogP contribution is 2.32. The molecule has 0 saturated carbocycles. The van der Waals surface area contributed by atoms with Gasteiger partial charge >= 0.3 is 0 Å². The molecule has 1 amide bonds. The summed E-state index contributed by atoms with van der Waals surface area (Å²) in [5.74, 6) is -1.30. The SMILES string of the molecule is CN(C)C/C=C/C(=O)Nc1ccc2ncc(C#N)c(Nc3ccc(OCc4cccc(F)c4)c(F)c3)c2c1. The van der Waals surface area contributed by atoms with Gasteiger partial charge in [-0.2, -0.15) is 5.26 Å². The number of carbonyl (C=O) groups is 1. The number of benzene rings is 3. The lowest BCUT2D eigenvalue weighted by Crippen LogP contribution is -2.12. The van der Waals surface area contributed by atoms with Gasteiger partial charge in [-0.1, -0.05) is 18.2 Å². The number of nitrogens with one attached hydrogen (secondary N) is 2. The molecule has 1 heterocycles. The molecule has 0 aliphatic rings. The maximum atomic E-state index is 14.8. The third kappa shape index (κ3) is 6.69. The van der Waals surface area contributed by atoms with Gasteiger partial charge in [-0.15, -0.1) is 0 Å². The van der Waals surface area contributed by atoms with Crippen LogP contribution in [0.5, 0.6) is 5.75 Å². The smallest absolute Gasteiger partial charge is 0.248 e. The van der Waals surface area contributed by atoms with Crippen LogP contribution < -0.4 is 15.4 Å². The Morgan fingerprint density at radius 2 is 1.92 bits per heavy atom. The van der Waals surface area contributed by atoms with E-state index in [0.717, 1.165) is 0 Å². The molecule has 0 bridgehead atoms. The van der Waals surface area contributed by atoms with Gasteiger partial charge in [-0.25, -0.2) is 8.78 Å². The fourth-order valence-corrected chi connectivity index (χ4v) is 3.67. The van der Waals surface area contributed by atoms with Gasteiger partial charge in [0.15, 0.2) is 11.6 Å². The molecule has 3 aromatic carbocycles. The van der Waals surface area contributed by atoms with Crippen molar-refractivity contribution in [3.8, 4) is 11.8 Å². The van der Waals surface area contributed by atoms with Crippen LogP contribution in [-0.4, -0.2) is 36.4 Å². The van der Waals surface area contributed by atoms with Crippen molar-refractivity contribution in [1.82, 2.24) is 9.88 Å². The second kappa shape index (κ2) is 12.0. The van der Waals surface area contributed by atoms with Crippen molar-refractivity contribution >= 4 is 33.9 Å². The number of likely N-dealkylation sites (N-methyl/N-ethyl adjacent to an activating group) is 1. The van der Waals surface area contributed by atoms with Crippen molar-refractivity contribution < 1.29 is 18.3 Å². The highest BCUT2D eigenvalue weighted by molar-refractivity contribution is 6.03. The summed E-state index contributed by atoms with van der Waals surface area (Å²) < 4.78 is 33.7. The van der Waals surface area contributed by atoms with E-state index in [2.05, 4.69) is 21.7 Å². The van der Waals surface area contributed by atoms with Gasteiger partial charge < -0.3 is 20.3 Å². The maximum Gasteiger partial charge on any atom is 0.248 e. The molecule has 0 unspecified atom stereocenters. The van der Waals surface area contributed by atoms with E-state index in [9.17, 15) is 18.8 Å². The van der Waals surface area contributed by atoms with Crippen LogP contribution >= 0.6 is 0 Å². The molecule has 0 aliphatic carbocycles. The number of aromatic nitrogens is 1. The number of ether oxygens (including phenoxy) is 1. The summed E-state index contributed by atoms with van der Waals surface area (Å²) in [5, 5.41) is 16.2. The highest BCUT2D eigenvalue weighted by Gasteiger charge is 2.13. The van der Waals surface area contributed by atoms with E-state index < -0.39 is 11.6 Å². The van der Waals surface area contributed by atoms with E-state index >= 15 is 0 Å². The third-order valence-electron chi connectivity index (χ3n) is 5.48. The Hall–Kier alpha value is -4.81. The number of pyridine rings is 1.